The SMILES string of the molecule is CCn1cc(CNc2ccc(C(=O)O)c(O)c2)cn1. The van der Waals surface area contributed by atoms with Crippen LogP contribution in [0.15, 0.2) is 30.6 Å². The molecule has 0 aliphatic rings. The molecule has 1 heterocycles. The number of carboxylic acids is 1. The molecule has 1 aromatic heterocycles. The highest BCUT2D eigenvalue weighted by atomic mass is 16.4. The second-order valence-corrected chi connectivity index (χ2v) is 4.09. The Kier molecular flexibility index (Phi) is 3.70. The molecule has 2 aromatic rings. The Morgan fingerprint density at radius 3 is 2.84 bits per heavy atom. The molecule has 0 fully saturated rings. The number of benzene rings is 1. The number of nitrogens with zero attached hydrogens (tertiary/aromatic N) is 2. The van der Waals surface area contributed by atoms with Crippen molar-refractivity contribution in [2.24, 2.45) is 0 Å². The highest BCUT2D eigenvalue weighted by Gasteiger charge is 2.09. The lowest BCUT2D eigenvalue weighted by atomic mass is 10.2. The maximum absolute atomic E-state index is 10.8. The van der Waals surface area contributed by atoms with E-state index in [9.17, 15) is 9.90 Å². The topological polar surface area (TPSA) is 87.4 Å². The van der Waals surface area contributed by atoms with Crippen LogP contribution in [0.1, 0.15) is 22.8 Å². The van der Waals surface area contributed by atoms with Gasteiger partial charge in [-0.3, -0.25) is 4.68 Å². The van der Waals surface area contributed by atoms with Crippen LogP contribution < -0.4 is 5.32 Å². The molecule has 6 heteroatoms. The van der Waals surface area contributed by atoms with Crippen molar-refractivity contribution in [1.82, 2.24) is 9.78 Å². The number of aromatic hydroxyl groups is 1. The van der Waals surface area contributed by atoms with E-state index in [1.807, 2.05) is 17.8 Å². The van der Waals surface area contributed by atoms with Crippen molar-refractivity contribution in [3.8, 4) is 5.75 Å². The molecule has 2 rings (SSSR count). The number of phenols is 1. The fourth-order valence-corrected chi connectivity index (χ4v) is 1.70. The lowest BCUT2D eigenvalue weighted by molar-refractivity contribution is 0.0694. The van der Waals surface area contributed by atoms with Crippen LogP contribution in [0.3, 0.4) is 0 Å². The number of hydrogen-bond donors (Lipinski definition) is 3. The molecule has 3 N–H and O–H groups in total. The van der Waals surface area contributed by atoms with Gasteiger partial charge in [-0.05, 0) is 19.1 Å². The summed E-state index contributed by atoms with van der Waals surface area (Å²) in [5, 5.41) is 25.6. The van der Waals surface area contributed by atoms with Crippen LogP contribution in [-0.2, 0) is 13.1 Å². The number of carbonyl (C=O) groups is 1. The number of anilines is 1. The lowest BCUT2D eigenvalue weighted by Gasteiger charge is -2.06. The van der Waals surface area contributed by atoms with Gasteiger partial charge >= 0.3 is 5.97 Å². The molecule has 100 valence electrons. The van der Waals surface area contributed by atoms with Gasteiger partial charge in [-0.2, -0.15) is 5.10 Å². The predicted molar refractivity (Wildman–Crippen MR) is 70.3 cm³/mol. The summed E-state index contributed by atoms with van der Waals surface area (Å²) in [6.07, 6.45) is 3.69. The summed E-state index contributed by atoms with van der Waals surface area (Å²) >= 11 is 0. The Morgan fingerprint density at radius 2 is 2.26 bits per heavy atom. The summed E-state index contributed by atoms with van der Waals surface area (Å²) < 4.78 is 1.82. The van der Waals surface area contributed by atoms with Crippen molar-refractivity contribution in [2.45, 2.75) is 20.0 Å². The quantitative estimate of drug-likeness (QED) is 0.765. The third kappa shape index (κ3) is 3.04. The third-order valence-corrected chi connectivity index (χ3v) is 2.74. The Labute approximate surface area is 110 Å². The van der Waals surface area contributed by atoms with E-state index in [1.165, 1.54) is 12.1 Å². The van der Waals surface area contributed by atoms with Gasteiger partial charge in [-0.15, -0.1) is 0 Å². The van der Waals surface area contributed by atoms with E-state index in [0.717, 1.165) is 12.1 Å². The van der Waals surface area contributed by atoms with Gasteiger partial charge < -0.3 is 15.5 Å². The van der Waals surface area contributed by atoms with Crippen molar-refractivity contribution in [2.75, 3.05) is 5.32 Å². The van der Waals surface area contributed by atoms with Crippen LogP contribution >= 0.6 is 0 Å². The first-order chi connectivity index (χ1) is 9.10. The molecule has 0 amide bonds. The Balaban J connectivity index is 2.03. The summed E-state index contributed by atoms with van der Waals surface area (Å²) in [6, 6.07) is 4.39. The lowest BCUT2D eigenvalue weighted by Crippen LogP contribution is -2.01. The molecule has 0 bridgehead atoms. The average Bonchev–Trinajstić information content (AvgIpc) is 2.84. The van der Waals surface area contributed by atoms with Crippen LogP contribution in [0, 0.1) is 0 Å². The minimum Gasteiger partial charge on any atom is -0.507 e. The second kappa shape index (κ2) is 5.43. The normalized spacial score (nSPS) is 10.4. The molecular formula is C13H15N3O3. The van der Waals surface area contributed by atoms with Crippen LogP contribution in [0.2, 0.25) is 0 Å². The fourth-order valence-electron chi connectivity index (χ4n) is 1.70. The minimum absolute atomic E-state index is 0.107. The summed E-state index contributed by atoms with van der Waals surface area (Å²) in [6.45, 7) is 3.38. The number of rotatable bonds is 5. The molecule has 19 heavy (non-hydrogen) atoms. The predicted octanol–water partition coefficient (Wildman–Crippen LogP) is 1.92. The smallest absolute Gasteiger partial charge is 0.339 e. The van der Waals surface area contributed by atoms with Crippen LogP contribution in [-0.4, -0.2) is 26.0 Å². The Morgan fingerprint density at radius 1 is 1.47 bits per heavy atom. The zero-order valence-electron chi connectivity index (χ0n) is 10.5. The molecule has 6 nitrogen and oxygen atoms in total. The molecule has 0 unspecified atom stereocenters. The van der Waals surface area contributed by atoms with E-state index >= 15 is 0 Å². The van der Waals surface area contributed by atoms with E-state index in [2.05, 4.69) is 10.4 Å². The number of nitrogens with one attached hydrogen (secondary N) is 1. The first-order valence-corrected chi connectivity index (χ1v) is 5.91. The highest BCUT2D eigenvalue weighted by Crippen LogP contribution is 2.22. The molecule has 0 radical (unpaired) electrons. The van der Waals surface area contributed by atoms with Gasteiger partial charge in [0.1, 0.15) is 11.3 Å². The number of aromatic nitrogens is 2. The van der Waals surface area contributed by atoms with Gasteiger partial charge in [0.25, 0.3) is 0 Å². The highest BCUT2D eigenvalue weighted by molar-refractivity contribution is 5.91. The zero-order chi connectivity index (χ0) is 13.8. The van der Waals surface area contributed by atoms with Crippen LogP contribution in [0.4, 0.5) is 5.69 Å². The number of hydrogen-bond acceptors (Lipinski definition) is 4. The first kappa shape index (κ1) is 12.9. The Bertz CT molecular complexity index is 593. The molecule has 0 saturated heterocycles. The fraction of sp³-hybridized carbons (Fsp3) is 0.231. The van der Waals surface area contributed by atoms with Gasteiger partial charge in [-0.1, -0.05) is 0 Å². The number of aryl methyl sites for hydroxylation is 1. The standard InChI is InChI=1S/C13H15N3O3/c1-2-16-8-9(7-15-16)6-14-10-3-4-11(13(18)19)12(17)5-10/h3-5,7-8,14,17H,2,6H2,1H3,(H,18,19). The molecule has 0 atom stereocenters. The van der Waals surface area contributed by atoms with Crippen LogP contribution in [0.5, 0.6) is 5.75 Å². The second-order valence-electron chi connectivity index (χ2n) is 4.09. The van der Waals surface area contributed by atoms with Gasteiger partial charge in [0.05, 0.1) is 6.20 Å². The van der Waals surface area contributed by atoms with Crippen molar-refractivity contribution >= 4 is 11.7 Å². The van der Waals surface area contributed by atoms with Gasteiger partial charge in [0.2, 0.25) is 0 Å². The summed E-state index contributed by atoms with van der Waals surface area (Å²) in [5.74, 6) is -1.39. The maximum atomic E-state index is 10.8. The molecule has 0 aliphatic heterocycles. The van der Waals surface area contributed by atoms with Crippen molar-refractivity contribution in [3.05, 3.63) is 41.7 Å². The molecule has 0 aliphatic carbocycles. The van der Waals surface area contributed by atoms with Crippen molar-refractivity contribution < 1.29 is 15.0 Å². The number of aromatic carboxylic acids is 1. The first-order valence-electron chi connectivity index (χ1n) is 5.91. The van der Waals surface area contributed by atoms with Crippen molar-refractivity contribution in [1.29, 1.82) is 0 Å². The molecule has 0 spiro atoms. The zero-order valence-corrected chi connectivity index (χ0v) is 10.5. The van der Waals surface area contributed by atoms with Crippen LogP contribution in [0.25, 0.3) is 0 Å². The number of carboxylic acid groups (broad SMARTS) is 1. The molecular weight excluding hydrogens is 246 g/mol. The molecule has 1 aromatic carbocycles. The maximum Gasteiger partial charge on any atom is 0.339 e. The van der Waals surface area contributed by atoms with E-state index in [4.69, 9.17) is 5.11 Å². The van der Waals surface area contributed by atoms with Gasteiger partial charge in [0.15, 0.2) is 0 Å². The van der Waals surface area contributed by atoms with Gasteiger partial charge in [-0.25, -0.2) is 4.79 Å². The monoisotopic (exact) mass is 261 g/mol. The van der Waals surface area contributed by atoms with Crippen molar-refractivity contribution in [3.63, 3.8) is 0 Å². The molecule has 0 saturated carbocycles. The minimum atomic E-state index is -1.15. The van der Waals surface area contributed by atoms with E-state index in [-0.39, 0.29) is 11.3 Å². The summed E-state index contributed by atoms with van der Waals surface area (Å²) in [7, 11) is 0. The Hall–Kier alpha value is -2.50. The van der Waals surface area contributed by atoms with E-state index < -0.39 is 5.97 Å². The third-order valence-electron chi connectivity index (χ3n) is 2.74. The van der Waals surface area contributed by atoms with Gasteiger partial charge in [0, 0.05) is 36.6 Å². The average molecular weight is 261 g/mol. The summed E-state index contributed by atoms with van der Waals surface area (Å²) in [5.41, 5.74) is 1.57. The van der Waals surface area contributed by atoms with E-state index in [0.29, 0.717) is 12.2 Å². The largest absolute Gasteiger partial charge is 0.507 e. The van der Waals surface area contributed by atoms with E-state index in [1.54, 1.807) is 12.3 Å². The summed E-state index contributed by atoms with van der Waals surface area (Å²) in [4.78, 5) is 10.8.